The van der Waals surface area contributed by atoms with Crippen LogP contribution in [-0.4, -0.2) is 54.0 Å². The zero-order valence-electron chi connectivity index (χ0n) is 10.1. The molecule has 1 atom stereocenters. The van der Waals surface area contributed by atoms with Crippen molar-refractivity contribution in [3.05, 3.63) is 0 Å². The fraction of sp³-hybridized carbons (Fsp3) is 0.700. The first-order chi connectivity index (χ1) is 7.88. The molecule has 0 saturated heterocycles. The van der Waals surface area contributed by atoms with Crippen LogP contribution in [0.15, 0.2) is 0 Å². The Balaban J connectivity index is 3.93. The van der Waals surface area contributed by atoms with Crippen molar-refractivity contribution < 1.29 is 19.5 Å². The van der Waals surface area contributed by atoms with Crippen LogP contribution in [0.3, 0.4) is 0 Å². The van der Waals surface area contributed by atoms with E-state index >= 15 is 0 Å². The highest BCUT2D eigenvalue weighted by Gasteiger charge is 2.16. The Morgan fingerprint density at radius 3 is 2.47 bits per heavy atom. The molecule has 98 valence electrons. The van der Waals surface area contributed by atoms with Gasteiger partial charge in [-0.15, -0.1) is 0 Å². The minimum absolute atomic E-state index is 0.0545. The standard InChI is InChI=1S/C10H19N3O4/c1-3-13(2)8(14)6-12-10(17)7(11)4-5-9(15)16/h7H,3-6,11H2,1-2H3,(H,12,17)(H,15,16). The second-order valence-electron chi connectivity index (χ2n) is 3.66. The molecule has 2 amide bonds. The molecule has 0 aromatic carbocycles. The molecule has 1 unspecified atom stereocenters. The molecule has 0 spiro atoms. The highest BCUT2D eigenvalue weighted by atomic mass is 16.4. The zero-order chi connectivity index (χ0) is 13.4. The van der Waals surface area contributed by atoms with E-state index in [0.717, 1.165) is 0 Å². The molecule has 0 heterocycles. The summed E-state index contributed by atoms with van der Waals surface area (Å²) in [6.45, 7) is 2.25. The average molecular weight is 245 g/mol. The molecule has 7 heteroatoms. The molecule has 17 heavy (non-hydrogen) atoms. The SMILES string of the molecule is CCN(C)C(=O)CNC(=O)C(N)CCC(=O)O. The molecule has 0 saturated carbocycles. The largest absolute Gasteiger partial charge is 0.481 e. The number of hydrogen-bond acceptors (Lipinski definition) is 4. The van der Waals surface area contributed by atoms with E-state index in [-0.39, 0.29) is 25.3 Å². The minimum Gasteiger partial charge on any atom is -0.481 e. The number of likely N-dealkylation sites (N-methyl/N-ethyl adjacent to an activating group) is 1. The lowest BCUT2D eigenvalue weighted by Crippen LogP contribution is -2.45. The maximum Gasteiger partial charge on any atom is 0.303 e. The van der Waals surface area contributed by atoms with Gasteiger partial charge in [0.15, 0.2) is 0 Å². The Kier molecular flexibility index (Phi) is 6.88. The summed E-state index contributed by atoms with van der Waals surface area (Å²) in [6, 6.07) is -0.897. The third-order valence-corrected chi connectivity index (χ3v) is 2.32. The van der Waals surface area contributed by atoms with Crippen molar-refractivity contribution >= 4 is 17.8 Å². The van der Waals surface area contributed by atoms with Crippen LogP contribution < -0.4 is 11.1 Å². The van der Waals surface area contributed by atoms with Crippen LogP contribution in [0.1, 0.15) is 19.8 Å². The number of nitrogens with zero attached hydrogens (tertiary/aromatic N) is 1. The van der Waals surface area contributed by atoms with Gasteiger partial charge in [0.05, 0.1) is 12.6 Å². The fourth-order valence-electron chi connectivity index (χ4n) is 1.02. The molecule has 4 N–H and O–H groups in total. The van der Waals surface area contributed by atoms with Crippen LogP contribution in [0.2, 0.25) is 0 Å². The Labute approximate surface area is 100.0 Å². The van der Waals surface area contributed by atoms with Crippen LogP contribution >= 0.6 is 0 Å². The van der Waals surface area contributed by atoms with Gasteiger partial charge in [-0.25, -0.2) is 0 Å². The number of aliphatic carboxylic acids is 1. The molecule has 0 rings (SSSR count). The average Bonchev–Trinajstić information content (AvgIpc) is 2.31. The second kappa shape index (κ2) is 7.61. The number of carboxylic acid groups (broad SMARTS) is 1. The van der Waals surface area contributed by atoms with Gasteiger partial charge in [-0.3, -0.25) is 14.4 Å². The van der Waals surface area contributed by atoms with E-state index in [1.807, 2.05) is 6.92 Å². The predicted molar refractivity (Wildman–Crippen MR) is 61.2 cm³/mol. The van der Waals surface area contributed by atoms with Crippen molar-refractivity contribution in [2.75, 3.05) is 20.1 Å². The molecule has 0 aromatic rings. The number of carbonyl (C=O) groups is 3. The second-order valence-corrected chi connectivity index (χ2v) is 3.66. The molecule has 0 aliphatic rings. The van der Waals surface area contributed by atoms with Crippen LogP contribution in [0.25, 0.3) is 0 Å². The monoisotopic (exact) mass is 245 g/mol. The van der Waals surface area contributed by atoms with Gasteiger partial charge in [0.2, 0.25) is 11.8 Å². The lowest BCUT2D eigenvalue weighted by atomic mass is 10.1. The Bertz CT molecular complexity index is 293. The van der Waals surface area contributed by atoms with E-state index in [1.54, 1.807) is 7.05 Å². The Morgan fingerprint density at radius 1 is 1.41 bits per heavy atom. The van der Waals surface area contributed by atoms with Gasteiger partial charge in [-0.1, -0.05) is 0 Å². The third-order valence-electron chi connectivity index (χ3n) is 2.32. The predicted octanol–water partition coefficient (Wildman–Crippen LogP) is -1.23. The molecule has 0 aromatic heterocycles. The number of carboxylic acids is 1. The van der Waals surface area contributed by atoms with Gasteiger partial charge in [-0.05, 0) is 13.3 Å². The van der Waals surface area contributed by atoms with Gasteiger partial charge in [0.25, 0.3) is 0 Å². The fourth-order valence-corrected chi connectivity index (χ4v) is 1.02. The van der Waals surface area contributed by atoms with E-state index in [1.165, 1.54) is 4.90 Å². The first kappa shape index (κ1) is 15.4. The molecule has 7 nitrogen and oxygen atoms in total. The summed E-state index contributed by atoms with van der Waals surface area (Å²) in [5.41, 5.74) is 5.46. The summed E-state index contributed by atoms with van der Waals surface area (Å²) >= 11 is 0. The molecule has 0 aliphatic heterocycles. The van der Waals surface area contributed by atoms with E-state index < -0.39 is 17.9 Å². The summed E-state index contributed by atoms with van der Waals surface area (Å²) in [6.07, 6.45) is -0.115. The molecule has 0 fully saturated rings. The minimum atomic E-state index is -1.00. The lowest BCUT2D eigenvalue weighted by Gasteiger charge is -2.16. The van der Waals surface area contributed by atoms with Crippen molar-refractivity contribution in [3.63, 3.8) is 0 Å². The molecule has 0 bridgehead atoms. The number of nitrogens with two attached hydrogens (primary N) is 1. The number of carbonyl (C=O) groups excluding carboxylic acids is 2. The first-order valence-corrected chi connectivity index (χ1v) is 5.37. The smallest absolute Gasteiger partial charge is 0.303 e. The topological polar surface area (TPSA) is 113 Å². The van der Waals surface area contributed by atoms with E-state index in [2.05, 4.69) is 5.32 Å². The van der Waals surface area contributed by atoms with Crippen LogP contribution in [-0.2, 0) is 14.4 Å². The van der Waals surface area contributed by atoms with Gasteiger partial charge >= 0.3 is 5.97 Å². The van der Waals surface area contributed by atoms with Crippen molar-refractivity contribution in [3.8, 4) is 0 Å². The van der Waals surface area contributed by atoms with Gasteiger partial charge in [0, 0.05) is 20.0 Å². The Morgan fingerprint density at radius 2 is 2.00 bits per heavy atom. The van der Waals surface area contributed by atoms with E-state index in [0.29, 0.717) is 6.54 Å². The number of amides is 2. The van der Waals surface area contributed by atoms with Crippen molar-refractivity contribution in [1.29, 1.82) is 0 Å². The summed E-state index contributed by atoms with van der Waals surface area (Å²) in [5.74, 6) is -1.73. The normalized spacial score (nSPS) is 11.7. The van der Waals surface area contributed by atoms with E-state index in [4.69, 9.17) is 10.8 Å². The quantitative estimate of drug-likeness (QED) is 0.520. The first-order valence-electron chi connectivity index (χ1n) is 5.37. The maximum atomic E-state index is 11.4. The van der Waals surface area contributed by atoms with Gasteiger partial charge in [-0.2, -0.15) is 0 Å². The van der Waals surface area contributed by atoms with Crippen LogP contribution in [0.5, 0.6) is 0 Å². The number of rotatable bonds is 7. The van der Waals surface area contributed by atoms with Crippen LogP contribution in [0, 0.1) is 0 Å². The molecule has 0 aliphatic carbocycles. The summed E-state index contributed by atoms with van der Waals surface area (Å²) in [4.78, 5) is 34.4. The van der Waals surface area contributed by atoms with Crippen molar-refractivity contribution in [2.45, 2.75) is 25.8 Å². The highest BCUT2D eigenvalue weighted by molar-refractivity contribution is 5.87. The third kappa shape index (κ3) is 6.52. The Hall–Kier alpha value is -1.63. The van der Waals surface area contributed by atoms with Crippen molar-refractivity contribution in [2.24, 2.45) is 5.73 Å². The van der Waals surface area contributed by atoms with Gasteiger partial charge < -0.3 is 21.1 Å². The maximum absolute atomic E-state index is 11.4. The molecular formula is C10H19N3O4. The summed E-state index contributed by atoms with van der Waals surface area (Å²) in [5, 5.41) is 10.8. The number of hydrogen-bond donors (Lipinski definition) is 3. The summed E-state index contributed by atoms with van der Waals surface area (Å²) < 4.78 is 0. The molecular weight excluding hydrogens is 226 g/mol. The van der Waals surface area contributed by atoms with Crippen LogP contribution in [0.4, 0.5) is 0 Å². The van der Waals surface area contributed by atoms with Gasteiger partial charge in [0.1, 0.15) is 0 Å². The zero-order valence-corrected chi connectivity index (χ0v) is 10.1. The lowest BCUT2D eigenvalue weighted by molar-refractivity contribution is -0.137. The number of nitrogens with one attached hydrogen (secondary N) is 1. The molecule has 0 radical (unpaired) electrons. The van der Waals surface area contributed by atoms with E-state index in [9.17, 15) is 14.4 Å². The summed E-state index contributed by atoms with van der Waals surface area (Å²) in [7, 11) is 1.62. The highest BCUT2D eigenvalue weighted by Crippen LogP contribution is 1.94. The van der Waals surface area contributed by atoms with Crippen molar-refractivity contribution in [1.82, 2.24) is 10.2 Å².